The van der Waals surface area contributed by atoms with Crippen molar-refractivity contribution in [3.63, 3.8) is 0 Å². The molecule has 2 heterocycles. The highest BCUT2D eigenvalue weighted by molar-refractivity contribution is 7.21. The number of aryl methyl sites for hydroxylation is 1. The Morgan fingerprint density at radius 3 is 2.47 bits per heavy atom. The van der Waals surface area contributed by atoms with Crippen LogP contribution in [0.25, 0.3) is 20.8 Å². The lowest BCUT2D eigenvalue weighted by molar-refractivity contribution is -0.121. The summed E-state index contributed by atoms with van der Waals surface area (Å²) in [6, 6.07) is 14.1. The lowest BCUT2D eigenvalue weighted by Gasteiger charge is -2.33. The minimum absolute atomic E-state index is 0.00875. The van der Waals surface area contributed by atoms with E-state index in [0.717, 1.165) is 21.8 Å². The summed E-state index contributed by atoms with van der Waals surface area (Å²) in [5.41, 5.74) is 4.07. The van der Waals surface area contributed by atoms with Crippen molar-refractivity contribution < 1.29 is 9.59 Å². The molecule has 1 aliphatic rings. The van der Waals surface area contributed by atoms with Crippen LogP contribution in [0.4, 0.5) is 10.5 Å². The van der Waals surface area contributed by atoms with Crippen LogP contribution in [0.2, 0.25) is 0 Å². The van der Waals surface area contributed by atoms with Gasteiger partial charge in [0.1, 0.15) is 5.01 Å². The molecule has 7 heteroatoms. The third-order valence-corrected chi connectivity index (χ3v) is 6.53. The molecule has 1 fully saturated rings. The Bertz CT molecular complexity index is 1070. The van der Waals surface area contributed by atoms with Gasteiger partial charge in [0, 0.05) is 44.4 Å². The van der Waals surface area contributed by atoms with E-state index in [4.69, 9.17) is 4.98 Å². The molecule has 0 spiro atoms. The van der Waals surface area contributed by atoms with E-state index in [0.29, 0.717) is 25.9 Å². The van der Waals surface area contributed by atoms with Crippen LogP contribution in [-0.4, -0.2) is 53.9 Å². The normalized spacial score (nSPS) is 14.7. The van der Waals surface area contributed by atoms with Crippen molar-refractivity contribution in [1.29, 1.82) is 0 Å². The molecule has 3 aromatic rings. The van der Waals surface area contributed by atoms with E-state index < -0.39 is 0 Å². The summed E-state index contributed by atoms with van der Waals surface area (Å²) in [6.07, 6.45) is 1.38. The zero-order valence-electron chi connectivity index (χ0n) is 17.5. The van der Waals surface area contributed by atoms with Gasteiger partial charge >= 0.3 is 6.03 Å². The monoisotopic (exact) mass is 422 g/mol. The van der Waals surface area contributed by atoms with Crippen LogP contribution in [0.5, 0.6) is 0 Å². The summed E-state index contributed by atoms with van der Waals surface area (Å²) in [4.78, 5) is 32.8. The van der Waals surface area contributed by atoms with Gasteiger partial charge in [-0.3, -0.25) is 4.79 Å². The maximum atomic E-state index is 12.6. The molecular weight excluding hydrogens is 396 g/mol. The Labute approximate surface area is 180 Å². The van der Waals surface area contributed by atoms with Crippen molar-refractivity contribution in [2.75, 3.05) is 32.5 Å². The van der Waals surface area contributed by atoms with Gasteiger partial charge in [-0.2, -0.15) is 0 Å². The van der Waals surface area contributed by atoms with Crippen molar-refractivity contribution in [3.8, 4) is 10.6 Å². The number of amides is 3. The summed E-state index contributed by atoms with van der Waals surface area (Å²) >= 11 is 1.68. The molecule has 0 atom stereocenters. The number of carbonyl (C=O) groups is 2. The number of likely N-dealkylation sites (tertiary alicyclic amines) is 1. The van der Waals surface area contributed by atoms with Crippen LogP contribution in [0.15, 0.2) is 42.5 Å². The summed E-state index contributed by atoms with van der Waals surface area (Å²) in [6.45, 7) is 3.32. The van der Waals surface area contributed by atoms with Crippen LogP contribution in [0, 0.1) is 12.8 Å². The van der Waals surface area contributed by atoms with Crippen LogP contribution in [0.3, 0.4) is 0 Å². The van der Waals surface area contributed by atoms with Crippen molar-refractivity contribution in [2.24, 2.45) is 5.92 Å². The fourth-order valence-electron chi connectivity index (χ4n) is 3.71. The first-order valence-corrected chi connectivity index (χ1v) is 11.0. The number of hydrogen-bond donors (Lipinski definition) is 1. The number of aromatic nitrogens is 1. The van der Waals surface area contributed by atoms with E-state index in [1.807, 2.05) is 24.3 Å². The first-order valence-electron chi connectivity index (χ1n) is 10.2. The second-order valence-electron chi connectivity index (χ2n) is 8.00. The standard InChI is InChI=1S/C23H26N4O2S/c1-15-4-9-19-20(14-15)30-22(25-19)17-5-7-18(8-6-17)24-21(28)16-10-12-27(13-11-16)23(29)26(2)3/h4-9,14,16H,10-13H2,1-3H3,(H,24,28). The van der Waals surface area contributed by atoms with Gasteiger partial charge in [0.25, 0.3) is 0 Å². The van der Waals surface area contributed by atoms with E-state index >= 15 is 0 Å². The Morgan fingerprint density at radius 2 is 1.80 bits per heavy atom. The molecular formula is C23H26N4O2S. The molecule has 0 unspecified atom stereocenters. The van der Waals surface area contributed by atoms with Gasteiger partial charge in [-0.1, -0.05) is 6.07 Å². The molecule has 1 N–H and O–H groups in total. The third-order valence-electron chi connectivity index (χ3n) is 5.46. The SMILES string of the molecule is Cc1ccc2nc(-c3ccc(NC(=O)C4CCN(C(=O)N(C)C)CC4)cc3)sc2c1. The molecule has 2 aromatic carbocycles. The van der Waals surface area contributed by atoms with Crippen molar-refractivity contribution in [2.45, 2.75) is 19.8 Å². The lowest BCUT2D eigenvalue weighted by Crippen LogP contribution is -2.45. The number of carbonyl (C=O) groups excluding carboxylic acids is 2. The van der Waals surface area contributed by atoms with Crippen LogP contribution in [0.1, 0.15) is 18.4 Å². The summed E-state index contributed by atoms with van der Waals surface area (Å²) in [5.74, 6) is -0.0430. The number of benzene rings is 2. The minimum Gasteiger partial charge on any atom is -0.331 e. The molecule has 0 saturated carbocycles. The molecule has 30 heavy (non-hydrogen) atoms. The Kier molecular flexibility index (Phi) is 5.72. The van der Waals surface area contributed by atoms with Crippen LogP contribution in [-0.2, 0) is 4.79 Å². The number of piperidine rings is 1. The average Bonchev–Trinajstić information content (AvgIpc) is 3.17. The first-order chi connectivity index (χ1) is 14.4. The summed E-state index contributed by atoms with van der Waals surface area (Å²) < 4.78 is 1.18. The second-order valence-corrected chi connectivity index (χ2v) is 9.03. The Hall–Kier alpha value is -2.93. The summed E-state index contributed by atoms with van der Waals surface area (Å²) in [7, 11) is 3.50. The van der Waals surface area contributed by atoms with Gasteiger partial charge in [-0.25, -0.2) is 9.78 Å². The summed E-state index contributed by atoms with van der Waals surface area (Å²) in [5, 5.41) is 4.00. The predicted octanol–water partition coefficient (Wildman–Crippen LogP) is 4.60. The average molecular weight is 423 g/mol. The van der Waals surface area contributed by atoms with Crippen molar-refractivity contribution >= 4 is 39.2 Å². The van der Waals surface area contributed by atoms with Gasteiger partial charge in [-0.05, 0) is 61.7 Å². The molecule has 0 bridgehead atoms. The van der Waals surface area contributed by atoms with Crippen LogP contribution < -0.4 is 5.32 Å². The highest BCUT2D eigenvalue weighted by Crippen LogP contribution is 2.31. The van der Waals surface area contributed by atoms with Gasteiger partial charge < -0.3 is 15.1 Å². The fraction of sp³-hybridized carbons (Fsp3) is 0.348. The molecule has 3 amide bonds. The quantitative estimate of drug-likeness (QED) is 0.671. The van der Waals surface area contributed by atoms with E-state index in [1.165, 1.54) is 10.3 Å². The number of thiazole rings is 1. The number of rotatable bonds is 3. The lowest BCUT2D eigenvalue weighted by atomic mass is 9.96. The number of nitrogens with zero attached hydrogens (tertiary/aromatic N) is 3. The number of nitrogens with one attached hydrogen (secondary N) is 1. The molecule has 156 valence electrons. The first kappa shape index (κ1) is 20.3. The third kappa shape index (κ3) is 4.31. The number of fused-ring (bicyclic) bond motifs is 1. The van der Waals surface area contributed by atoms with E-state index in [2.05, 4.69) is 30.4 Å². The van der Waals surface area contributed by atoms with Gasteiger partial charge in [-0.15, -0.1) is 11.3 Å². The zero-order valence-corrected chi connectivity index (χ0v) is 18.3. The van der Waals surface area contributed by atoms with Gasteiger partial charge in [0.15, 0.2) is 0 Å². The topological polar surface area (TPSA) is 65.5 Å². The Balaban J connectivity index is 1.37. The maximum Gasteiger partial charge on any atom is 0.319 e. The maximum absolute atomic E-state index is 12.6. The molecule has 1 saturated heterocycles. The molecule has 1 aliphatic heterocycles. The van der Waals surface area contributed by atoms with Crippen molar-refractivity contribution in [3.05, 3.63) is 48.0 Å². The van der Waals surface area contributed by atoms with Gasteiger partial charge in [0.2, 0.25) is 5.91 Å². The molecule has 6 nitrogen and oxygen atoms in total. The zero-order chi connectivity index (χ0) is 21.3. The van der Waals surface area contributed by atoms with E-state index in [-0.39, 0.29) is 17.9 Å². The highest BCUT2D eigenvalue weighted by Gasteiger charge is 2.28. The fourth-order valence-corrected chi connectivity index (χ4v) is 4.78. The highest BCUT2D eigenvalue weighted by atomic mass is 32.1. The Morgan fingerprint density at radius 1 is 1.10 bits per heavy atom. The smallest absolute Gasteiger partial charge is 0.319 e. The number of hydrogen-bond acceptors (Lipinski definition) is 4. The van der Waals surface area contributed by atoms with Gasteiger partial charge in [0.05, 0.1) is 10.2 Å². The number of anilines is 1. The largest absolute Gasteiger partial charge is 0.331 e. The minimum atomic E-state index is -0.0663. The molecule has 0 radical (unpaired) electrons. The van der Waals surface area contributed by atoms with Crippen LogP contribution >= 0.6 is 11.3 Å². The number of urea groups is 1. The second kappa shape index (κ2) is 8.44. The predicted molar refractivity (Wildman–Crippen MR) is 122 cm³/mol. The van der Waals surface area contributed by atoms with E-state index in [1.54, 1.807) is 35.2 Å². The van der Waals surface area contributed by atoms with E-state index in [9.17, 15) is 9.59 Å². The van der Waals surface area contributed by atoms with Crippen molar-refractivity contribution in [1.82, 2.24) is 14.8 Å². The molecule has 4 rings (SSSR count). The molecule has 1 aromatic heterocycles. The molecule has 0 aliphatic carbocycles.